The molecule has 2 heterocycles. The Morgan fingerprint density at radius 2 is 1.97 bits per heavy atom. The van der Waals surface area contributed by atoms with Crippen LogP contribution >= 0.6 is 0 Å². The van der Waals surface area contributed by atoms with Crippen molar-refractivity contribution < 1.29 is 19.1 Å². The number of hydrogen-bond donors (Lipinski definition) is 1. The van der Waals surface area contributed by atoms with E-state index in [-0.39, 0.29) is 6.54 Å². The summed E-state index contributed by atoms with van der Waals surface area (Å²) in [6.45, 7) is -0.0857. The highest BCUT2D eigenvalue weighted by molar-refractivity contribution is 6.09. The van der Waals surface area contributed by atoms with E-state index in [1.807, 2.05) is 0 Å². The van der Waals surface area contributed by atoms with Crippen molar-refractivity contribution in [2.75, 3.05) is 20.2 Å². The van der Waals surface area contributed by atoms with Gasteiger partial charge in [-0.05, 0) is 18.9 Å². The Balaban J connectivity index is 1.56. The third kappa shape index (κ3) is 2.92. The van der Waals surface area contributed by atoms with Crippen LogP contribution in [-0.2, 0) is 15.1 Å². The van der Waals surface area contributed by atoms with Crippen molar-refractivity contribution in [2.45, 2.75) is 49.6 Å². The van der Waals surface area contributed by atoms with Crippen LogP contribution in [0.3, 0.4) is 0 Å². The Morgan fingerprint density at radius 3 is 2.69 bits per heavy atom. The van der Waals surface area contributed by atoms with Crippen molar-refractivity contribution in [1.29, 1.82) is 5.26 Å². The maximum absolute atomic E-state index is 13.3. The van der Waals surface area contributed by atoms with Gasteiger partial charge in [0.05, 0.1) is 12.7 Å². The molecule has 8 heteroatoms. The molecule has 1 N–H and O–H groups in total. The molecule has 152 valence electrons. The number of nitrogens with zero attached hydrogens (tertiary/aromatic N) is 3. The average molecular weight is 396 g/mol. The summed E-state index contributed by atoms with van der Waals surface area (Å²) < 4.78 is 5.62. The van der Waals surface area contributed by atoms with Crippen molar-refractivity contribution in [3.8, 4) is 11.8 Å². The molecule has 8 nitrogen and oxygen atoms in total. The lowest BCUT2D eigenvalue weighted by atomic mass is 9.81. The monoisotopic (exact) mass is 396 g/mol. The Kier molecular flexibility index (Phi) is 4.69. The topological polar surface area (TPSA) is 103 Å². The summed E-state index contributed by atoms with van der Waals surface area (Å²) in [5.41, 5.74) is -1.46. The number of nitriles is 1. The van der Waals surface area contributed by atoms with Gasteiger partial charge >= 0.3 is 6.03 Å². The van der Waals surface area contributed by atoms with Gasteiger partial charge in [0.15, 0.2) is 5.54 Å². The van der Waals surface area contributed by atoms with Gasteiger partial charge in [-0.2, -0.15) is 5.26 Å². The lowest BCUT2D eigenvalue weighted by Gasteiger charge is -2.39. The maximum Gasteiger partial charge on any atom is 0.325 e. The molecule has 2 aliphatic heterocycles. The van der Waals surface area contributed by atoms with Gasteiger partial charge in [-0.3, -0.25) is 14.5 Å². The molecular weight excluding hydrogens is 372 g/mol. The van der Waals surface area contributed by atoms with Crippen molar-refractivity contribution in [3.63, 3.8) is 0 Å². The molecule has 2 fully saturated rings. The van der Waals surface area contributed by atoms with E-state index in [1.165, 1.54) is 4.90 Å². The number of likely N-dealkylation sites (N-methyl/N-ethyl adjacent to an activating group) is 1. The number of hydrogen-bond acceptors (Lipinski definition) is 5. The zero-order valence-corrected chi connectivity index (χ0v) is 16.4. The summed E-state index contributed by atoms with van der Waals surface area (Å²) >= 11 is 0. The van der Waals surface area contributed by atoms with Crippen LogP contribution in [0.2, 0.25) is 0 Å². The van der Waals surface area contributed by atoms with Crippen LogP contribution in [0, 0.1) is 11.3 Å². The second kappa shape index (κ2) is 7.07. The molecule has 1 aliphatic carbocycles. The second-order valence-corrected chi connectivity index (χ2v) is 7.98. The molecular formula is C21H24N4O4. The summed E-state index contributed by atoms with van der Waals surface area (Å²) in [5.74, 6) is -0.299. The smallest absolute Gasteiger partial charge is 0.325 e. The van der Waals surface area contributed by atoms with Gasteiger partial charge in [-0.15, -0.1) is 0 Å². The van der Waals surface area contributed by atoms with Crippen molar-refractivity contribution >= 4 is 17.8 Å². The zero-order valence-electron chi connectivity index (χ0n) is 16.4. The van der Waals surface area contributed by atoms with E-state index in [0.717, 1.165) is 24.2 Å². The van der Waals surface area contributed by atoms with Crippen molar-refractivity contribution in [1.82, 2.24) is 15.1 Å². The summed E-state index contributed by atoms with van der Waals surface area (Å²) in [6.07, 6.45) is 4.34. The second-order valence-electron chi connectivity index (χ2n) is 7.98. The summed E-state index contributed by atoms with van der Waals surface area (Å²) in [7, 11) is 1.59. The third-order valence-electron chi connectivity index (χ3n) is 6.46. The molecule has 0 aromatic heterocycles. The lowest BCUT2D eigenvalue weighted by molar-refractivity contribution is -0.141. The molecule has 1 aromatic carbocycles. The Hall–Kier alpha value is -3.08. The zero-order chi connectivity index (χ0) is 20.6. The van der Waals surface area contributed by atoms with Crippen LogP contribution in [0.1, 0.15) is 44.1 Å². The number of carbonyl (C=O) groups is 3. The SMILES string of the molecule is CN(C(=O)CN1C(=O)N[C@]2(CCOc3ccccc32)C1=O)C1(C#N)CCCCC1. The molecule has 0 bridgehead atoms. The molecule has 3 aliphatic rings. The number of imide groups is 1. The fourth-order valence-corrected chi connectivity index (χ4v) is 4.65. The first-order chi connectivity index (χ1) is 13.9. The first kappa shape index (κ1) is 19.2. The summed E-state index contributed by atoms with van der Waals surface area (Å²) in [5, 5.41) is 12.5. The van der Waals surface area contributed by atoms with Crippen molar-refractivity contribution in [2.24, 2.45) is 0 Å². The Morgan fingerprint density at radius 1 is 1.24 bits per heavy atom. The first-order valence-corrected chi connectivity index (χ1v) is 9.98. The molecule has 1 spiro atoms. The number of amides is 4. The van der Waals surface area contributed by atoms with Crippen LogP contribution in [0.15, 0.2) is 24.3 Å². The van der Waals surface area contributed by atoms with Crippen molar-refractivity contribution in [3.05, 3.63) is 29.8 Å². The van der Waals surface area contributed by atoms with Gasteiger partial charge in [-0.1, -0.05) is 37.5 Å². The van der Waals surface area contributed by atoms with E-state index in [2.05, 4.69) is 11.4 Å². The predicted octanol–water partition coefficient (Wildman–Crippen LogP) is 1.90. The minimum atomic E-state index is -1.21. The number of fused-ring (bicyclic) bond motifs is 2. The molecule has 1 atom stereocenters. The molecule has 29 heavy (non-hydrogen) atoms. The van der Waals surface area contributed by atoms with Crippen LogP contribution in [0.25, 0.3) is 0 Å². The summed E-state index contributed by atoms with van der Waals surface area (Å²) in [4.78, 5) is 41.3. The molecule has 1 saturated carbocycles. The highest BCUT2D eigenvalue weighted by atomic mass is 16.5. The Bertz CT molecular complexity index is 902. The lowest BCUT2D eigenvalue weighted by Crippen LogP contribution is -2.53. The van der Waals surface area contributed by atoms with E-state index in [1.54, 1.807) is 31.3 Å². The maximum atomic E-state index is 13.3. The van der Waals surface area contributed by atoms with E-state index in [4.69, 9.17) is 4.74 Å². The molecule has 1 saturated heterocycles. The van der Waals surface area contributed by atoms with E-state index < -0.39 is 28.9 Å². The van der Waals surface area contributed by atoms with Crippen LogP contribution < -0.4 is 10.1 Å². The third-order valence-corrected chi connectivity index (χ3v) is 6.46. The number of para-hydroxylation sites is 1. The van der Waals surface area contributed by atoms with Gasteiger partial charge in [0.25, 0.3) is 5.91 Å². The predicted molar refractivity (Wildman–Crippen MR) is 103 cm³/mol. The largest absolute Gasteiger partial charge is 0.493 e. The van der Waals surface area contributed by atoms with Gasteiger partial charge < -0.3 is 15.0 Å². The molecule has 1 aromatic rings. The highest BCUT2D eigenvalue weighted by Crippen LogP contribution is 2.41. The standard InChI is InChI=1S/C21H24N4O4/c1-24(20(14-22)9-5-2-6-10-20)17(26)13-25-18(27)21(23-19(25)28)11-12-29-16-8-4-3-7-15(16)21/h3-4,7-8H,2,5-6,9-13H2,1H3,(H,23,28)/t21-/m0/s1. The number of ether oxygens (including phenoxy) is 1. The van der Waals surface area contributed by atoms with Gasteiger partial charge in [-0.25, -0.2) is 4.79 Å². The average Bonchev–Trinajstić information content (AvgIpc) is 2.98. The molecule has 4 rings (SSSR count). The van der Waals surface area contributed by atoms with E-state index in [0.29, 0.717) is 37.2 Å². The highest BCUT2D eigenvalue weighted by Gasteiger charge is 2.55. The molecule has 0 radical (unpaired) electrons. The number of benzene rings is 1. The van der Waals surface area contributed by atoms with Gasteiger partial charge in [0.2, 0.25) is 5.91 Å². The van der Waals surface area contributed by atoms with E-state index in [9.17, 15) is 19.6 Å². The number of urea groups is 1. The number of nitrogens with one attached hydrogen (secondary N) is 1. The van der Waals surface area contributed by atoms with Gasteiger partial charge in [0, 0.05) is 19.0 Å². The Labute approximate surface area is 169 Å². The molecule has 4 amide bonds. The first-order valence-electron chi connectivity index (χ1n) is 9.98. The number of rotatable bonds is 3. The van der Waals surface area contributed by atoms with E-state index >= 15 is 0 Å². The fraction of sp³-hybridized carbons (Fsp3) is 0.524. The van der Waals surface area contributed by atoms with Gasteiger partial charge in [0.1, 0.15) is 17.8 Å². The minimum absolute atomic E-state index is 0.294. The normalized spacial score (nSPS) is 25.0. The number of carbonyl (C=O) groups excluding carboxylic acids is 3. The van der Waals surface area contributed by atoms with Crippen LogP contribution in [0.5, 0.6) is 5.75 Å². The summed E-state index contributed by atoms with van der Waals surface area (Å²) in [6, 6.07) is 8.82. The van der Waals surface area contributed by atoms with Crippen LogP contribution in [-0.4, -0.2) is 53.4 Å². The van der Waals surface area contributed by atoms with Crippen LogP contribution in [0.4, 0.5) is 4.79 Å². The molecule has 0 unspecified atom stereocenters. The quantitative estimate of drug-likeness (QED) is 0.786. The fourth-order valence-electron chi connectivity index (χ4n) is 4.65. The minimum Gasteiger partial charge on any atom is -0.493 e.